The zero-order valence-electron chi connectivity index (χ0n) is 8.91. The van der Waals surface area contributed by atoms with Crippen molar-refractivity contribution in [1.82, 2.24) is 0 Å². The number of carbonyl (C=O) groups is 2. The van der Waals surface area contributed by atoms with Crippen LogP contribution in [0.5, 0.6) is 0 Å². The van der Waals surface area contributed by atoms with Gasteiger partial charge in [-0.2, -0.15) is 0 Å². The van der Waals surface area contributed by atoms with Crippen molar-refractivity contribution in [1.29, 1.82) is 0 Å². The molecule has 1 aromatic rings. The van der Waals surface area contributed by atoms with Crippen molar-refractivity contribution in [2.45, 2.75) is 6.42 Å². The molecule has 1 unspecified atom stereocenters. The van der Waals surface area contributed by atoms with Crippen LogP contribution in [0, 0.1) is 17.6 Å². The topological polar surface area (TPSA) is 43.4 Å². The van der Waals surface area contributed by atoms with E-state index in [9.17, 15) is 18.4 Å². The number of halogens is 2. The summed E-state index contributed by atoms with van der Waals surface area (Å²) >= 11 is 0. The Balaban J connectivity index is 2.27. The van der Waals surface area contributed by atoms with Crippen molar-refractivity contribution >= 4 is 11.6 Å². The van der Waals surface area contributed by atoms with Crippen molar-refractivity contribution < 1.29 is 23.1 Å². The molecule has 3 nitrogen and oxygen atoms in total. The number of rotatable bonds is 2. The number of Topliss-reactive ketones (excluding diaryl/α,β-unsaturated/α-hetero) is 2. The molecule has 0 aliphatic carbocycles. The maximum absolute atomic E-state index is 13.4. The summed E-state index contributed by atoms with van der Waals surface area (Å²) in [6, 6.07) is 2.67. The first-order chi connectivity index (χ1) is 8.09. The second-order valence-electron chi connectivity index (χ2n) is 3.83. The third-order valence-electron chi connectivity index (χ3n) is 2.68. The summed E-state index contributed by atoms with van der Waals surface area (Å²) in [6.45, 7) is 0.253. The SMILES string of the molecule is O=C1CCOCC1C(=O)c1ccc(F)cc1F. The summed E-state index contributed by atoms with van der Waals surface area (Å²) in [7, 11) is 0. The van der Waals surface area contributed by atoms with Gasteiger partial charge in [-0.05, 0) is 12.1 Å². The summed E-state index contributed by atoms with van der Waals surface area (Å²) in [5.74, 6) is -3.58. The lowest BCUT2D eigenvalue weighted by molar-refractivity contribution is -0.128. The summed E-state index contributed by atoms with van der Waals surface area (Å²) in [6.07, 6.45) is 0.152. The largest absolute Gasteiger partial charge is 0.380 e. The maximum atomic E-state index is 13.4. The van der Waals surface area contributed by atoms with Gasteiger partial charge in [0.05, 0.1) is 18.8 Å². The van der Waals surface area contributed by atoms with E-state index in [0.717, 1.165) is 12.1 Å². The Morgan fingerprint density at radius 2 is 2.12 bits per heavy atom. The highest BCUT2D eigenvalue weighted by Gasteiger charge is 2.31. The van der Waals surface area contributed by atoms with Crippen LogP contribution in [-0.4, -0.2) is 24.8 Å². The lowest BCUT2D eigenvalue weighted by Crippen LogP contribution is -2.34. The van der Waals surface area contributed by atoms with E-state index in [1.807, 2.05) is 0 Å². The van der Waals surface area contributed by atoms with Gasteiger partial charge in [0.1, 0.15) is 23.3 Å². The van der Waals surface area contributed by atoms with Crippen LogP contribution in [0.3, 0.4) is 0 Å². The zero-order chi connectivity index (χ0) is 12.4. The van der Waals surface area contributed by atoms with Gasteiger partial charge in [-0.1, -0.05) is 0 Å². The predicted octanol–water partition coefficient (Wildman–Crippen LogP) is 1.75. The van der Waals surface area contributed by atoms with Crippen LogP contribution in [0.25, 0.3) is 0 Å². The zero-order valence-corrected chi connectivity index (χ0v) is 8.91. The van der Waals surface area contributed by atoms with Crippen LogP contribution in [0.1, 0.15) is 16.8 Å². The van der Waals surface area contributed by atoms with Crippen LogP contribution in [0.2, 0.25) is 0 Å². The first-order valence-corrected chi connectivity index (χ1v) is 5.19. The van der Waals surface area contributed by atoms with E-state index in [1.54, 1.807) is 0 Å². The van der Waals surface area contributed by atoms with E-state index in [0.29, 0.717) is 6.07 Å². The van der Waals surface area contributed by atoms with E-state index in [4.69, 9.17) is 4.74 Å². The van der Waals surface area contributed by atoms with Gasteiger partial charge in [0, 0.05) is 12.5 Å². The molecule has 1 atom stereocenters. The predicted molar refractivity (Wildman–Crippen MR) is 54.6 cm³/mol. The summed E-state index contributed by atoms with van der Waals surface area (Å²) < 4.78 is 31.1. The van der Waals surface area contributed by atoms with Crippen molar-refractivity contribution in [2.24, 2.45) is 5.92 Å². The van der Waals surface area contributed by atoms with Gasteiger partial charge in [-0.3, -0.25) is 9.59 Å². The van der Waals surface area contributed by atoms with Crippen molar-refractivity contribution in [2.75, 3.05) is 13.2 Å². The van der Waals surface area contributed by atoms with Crippen molar-refractivity contribution in [3.63, 3.8) is 0 Å². The number of carbonyl (C=O) groups excluding carboxylic acids is 2. The fourth-order valence-corrected chi connectivity index (χ4v) is 1.74. The van der Waals surface area contributed by atoms with Gasteiger partial charge >= 0.3 is 0 Å². The summed E-state index contributed by atoms with van der Waals surface area (Å²) in [5, 5.41) is 0. The van der Waals surface area contributed by atoms with E-state index in [-0.39, 0.29) is 31.0 Å². The molecule has 0 spiro atoms. The normalized spacial score (nSPS) is 20.4. The van der Waals surface area contributed by atoms with Crippen LogP contribution in [-0.2, 0) is 9.53 Å². The Morgan fingerprint density at radius 1 is 1.35 bits per heavy atom. The van der Waals surface area contributed by atoms with Crippen LogP contribution in [0.15, 0.2) is 18.2 Å². The number of ketones is 2. The summed E-state index contributed by atoms with van der Waals surface area (Å²) in [5.41, 5.74) is -0.268. The minimum Gasteiger partial charge on any atom is -0.380 e. The van der Waals surface area contributed by atoms with E-state index in [1.165, 1.54) is 0 Å². The molecule has 0 bridgehead atoms. The first-order valence-electron chi connectivity index (χ1n) is 5.19. The van der Waals surface area contributed by atoms with Crippen LogP contribution in [0.4, 0.5) is 8.78 Å². The fourth-order valence-electron chi connectivity index (χ4n) is 1.74. The monoisotopic (exact) mass is 240 g/mol. The molecule has 5 heteroatoms. The molecule has 1 aliphatic rings. The second-order valence-corrected chi connectivity index (χ2v) is 3.83. The highest BCUT2D eigenvalue weighted by molar-refractivity contribution is 6.11. The molecule has 1 heterocycles. The number of benzene rings is 1. The summed E-state index contributed by atoms with van der Waals surface area (Å²) in [4.78, 5) is 23.4. The number of hydrogen-bond acceptors (Lipinski definition) is 3. The molecule has 17 heavy (non-hydrogen) atoms. The third-order valence-corrected chi connectivity index (χ3v) is 2.68. The average Bonchev–Trinajstić information content (AvgIpc) is 2.29. The third kappa shape index (κ3) is 2.39. The van der Waals surface area contributed by atoms with E-state index in [2.05, 4.69) is 0 Å². The molecule has 0 aromatic heterocycles. The van der Waals surface area contributed by atoms with Crippen LogP contribution >= 0.6 is 0 Å². The molecule has 0 saturated carbocycles. The highest BCUT2D eigenvalue weighted by atomic mass is 19.1. The molecular formula is C12H10F2O3. The minimum absolute atomic E-state index is 0.0333. The molecule has 0 N–H and O–H groups in total. The molecule has 90 valence electrons. The van der Waals surface area contributed by atoms with Gasteiger partial charge < -0.3 is 4.74 Å². The van der Waals surface area contributed by atoms with Gasteiger partial charge in [-0.25, -0.2) is 8.78 Å². The van der Waals surface area contributed by atoms with E-state index >= 15 is 0 Å². The lowest BCUT2D eigenvalue weighted by atomic mass is 9.91. The van der Waals surface area contributed by atoms with Crippen molar-refractivity contribution in [3.8, 4) is 0 Å². The van der Waals surface area contributed by atoms with Gasteiger partial charge in [0.2, 0.25) is 0 Å². The Kier molecular flexibility index (Phi) is 3.28. The van der Waals surface area contributed by atoms with Crippen LogP contribution < -0.4 is 0 Å². The minimum atomic E-state index is -0.969. The quantitative estimate of drug-likeness (QED) is 0.584. The Hall–Kier alpha value is -1.62. The smallest absolute Gasteiger partial charge is 0.178 e. The Labute approximate surface area is 96.4 Å². The lowest BCUT2D eigenvalue weighted by Gasteiger charge is -2.19. The molecule has 0 amide bonds. The molecule has 1 fully saturated rings. The second kappa shape index (κ2) is 4.71. The molecule has 1 saturated heterocycles. The molecule has 2 rings (SSSR count). The first kappa shape index (κ1) is 11.9. The van der Waals surface area contributed by atoms with Crippen molar-refractivity contribution in [3.05, 3.63) is 35.4 Å². The standard InChI is InChI=1S/C12H10F2O3/c13-7-1-2-8(10(14)5-7)12(16)9-6-17-4-3-11(9)15/h1-2,5,9H,3-4,6H2. The molecule has 0 radical (unpaired) electrons. The van der Waals surface area contributed by atoms with Gasteiger partial charge in [0.15, 0.2) is 5.78 Å². The molecule has 1 aliphatic heterocycles. The Bertz CT molecular complexity index is 471. The van der Waals surface area contributed by atoms with Gasteiger partial charge in [0.25, 0.3) is 0 Å². The van der Waals surface area contributed by atoms with E-state index < -0.39 is 23.3 Å². The van der Waals surface area contributed by atoms with Gasteiger partial charge in [-0.15, -0.1) is 0 Å². The Morgan fingerprint density at radius 3 is 2.76 bits per heavy atom. The highest BCUT2D eigenvalue weighted by Crippen LogP contribution is 2.19. The average molecular weight is 240 g/mol. The fraction of sp³-hybridized carbons (Fsp3) is 0.333. The molecule has 1 aromatic carbocycles. The maximum Gasteiger partial charge on any atom is 0.178 e. The number of ether oxygens (including phenoxy) is 1. The molecular weight excluding hydrogens is 230 g/mol. The number of hydrogen-bond donors (Lipinski definition) is 0.